The van der Waals surface area contributed by atoms with Crippen LogP contribution in [0.3, 0.4) is 0 Å². The Morgan fingerprint density at radius 1 is 0.818 bits per heavy atom. The van der Waals surface area contributed by atoms with Gasteiger partial charge in [-0.05, 0) is 54.8 Å². The molecule has 33 heavy (non-hydrogen) atoms. The molecule has 2 aliphatic rings. The lowest BCUT2D eigenvalue weighted by atomic mass is 10.0. The van der Waals surface area contributed by atoms with Gasteiger partial charge in [-0.2, -0.15) is 0 Å². The molecule has 4 rings (SSSR count). The lowest BCUT2D eigenvalue weighted by molar-refractivity contribution is 0.129. The van der Waals surface area contributed by atoms with Crippen LogP contribution in [0.25, 0.3) is 0 Å². The van der Waals surface area contributed by atoms with E-state index in [-0.39, 0.29) is 37.2 Å². The largest absolute Gasteiger partial charge is 0.316 e. The zero-order valence-corrected chi connectivity index (χ0v) is 22.0. The Morgan fingerprint density at radius 3 is 2.15 bits per heavy atom. The fourth-order valence-electron chi connectivity index (χ4n) is 4.25. The van der Waals surface area contributed by atoms with Gasteiger partial charge in [-0.3, -0.25) is 9.80 Å². The number of sulfonamides is 1. The molecular weight excluding hydrogens is 503 g/mol. The van der Waals surface area contributed by atoms with Gasteiger partial charge in [0.2, 0.25) is 10.0 Å². The average molecular weight is 538 g/mol. The number of nitrogens with one attached hydrogen (secondary N) is 2. The number of halogens is 3. The van der Waals surface area contributed by atoms with E-state index in [4.69, 9.17) is 0 Å². The van der Waals surface area contributed by atoms with Gasteiger partial charge in [0.25, 0.3) is 0 Å². The first-order chi connectivity index (χ1) is 14.6. The third-order valence-electron chi connectivity index (χ3n) is 6.06. The average Bonchev–Trinajstić information content (AvgIpc) is 3.00. The van der Waals surface area contributed by atoms with Gasteiger partial charge in [-0.1, -0.05) is 36.4 Å². The molecular formula is C23H35Cl3N4O2S. The van der Waals surface area contributed by atoms with E-state index in [0.717, 1.165) is 70.8 Å². The molecule has 0 aromatic heterocycles. The molecule has 0 spiro atoms. The van der Waals surface area contributed by atoms with E-state index in [9.17, 15) is 8.42 Å². The molecule has 0 radical (unpaired) electrons. The van der Waals surface area contributed by atoms with Gasteiger partial charge in [-0.15, -0.1) is 37.2 Å². The van der Waals surface area contributed by atoms with Crippen molar-refractivity contribution in [2.45, 2.75) is 24.3 Å². The molecule has 0 aliphatic carbocycles. The van der Waals surface area contributed by atoms with E-state index in [0.29, 0.717) is 11.4 Å². The molecule has 0 bridgehead atoms. The van der Waals surface area contributed by atoms with Gasteiger partial charge in [0.1, 0.15) is 0 Å². The molecule has 1 saturated heterocycles. The topological polar surface area (TPSA) is 64.7 Å². The summed E-state index contributed by atoms with van der Waals surface area (Å²) >= 11 is 0. The first-order valence-electron chi connectivity index (χ1n) is 10.9. The van der Waals surface area contributed by atoms with Crippen LogP contribution in [0.5, 0.6) is 0 Å². The fourth-order valence-corrected chi connectivity index (χ4v) is 5.32. The van der Waals surface area contributed by atoms with Gasteiger partial charge in [0.15, 0.2) is 0 Å². The van der Waals surface area contributed by atoms with Gasteiger partial charge in [0, 0.05) is 45.8 Å². The summed E-state index contributed by atoms with van der Waals surface area (Å²) < 4.78 is 28.3. The maximum Gasteiger partial charge on any atom is 0.240 e. The predicted molar refractivity (Wildman–Crippen MR) is 142 cm³/mol. The van der Waals surface area contributed by atoms with Crippen molar-refractivity contribution < 1.29 is 8.42 Å². The van der Waals surface area contributed by atoms with Gasteiger partial charge in [-0.25, -0.2) is 13.1 Å². The zero-order chi connectivity index (χ0) is 20.8. The molecule has 0 unspecified atom stereocenters. The quantitative estimate of drug-likeness (QED) is 0.569. The molecule has 10 heteroatoms. The van der Waals surface area contributed by atoms with Crippen LogP contribution in [0.1, 0.15) is 16.7 Å². The second-order valence-electron chi connectivity index (χ2n) is 8.18. The highest BCUT2D eigenvalue weighted by molar-refractivity contribution is 7.89. The molecule has 6 nitrogen and oxygen atoms in total. The van der Waals surface area contributed by atoms with Gasteiger partial charge >= 0.3 is 0 Å². The van der Waals surface area contributed by atoms with Crippen molar-refractivity contribution in [2.75, 3.05) is 52.4 Å². The van der Waals surface area contributed by atoms with Crippen molar-refractivity contribution >= 4 is 47.2 Å². The fraction of sp³-hybridized carbons (Fsp3) is 0.478. The summed E-state index contributed by atoms with van der Waals surface area (Å²) in [5.41, 5.74) is 3.75. The maximum atomic E-state index is 12.7. The lowest BCUT2D eigenvalue weighted by Crippen LogP contribution is -2.48. The molecule has 2 aromatic carbocycles. The van der Waals surface area contributed by atoms with Crippen LogP contribution >= 0.6 is 37.2 Å². The van der Waals surface area contributed by atoms with Crippen molar-refractivity contribution in [3.05, 3.63) is 65.2 Å². The van der Waals surface area contributed by atoms with E-state index in [1.165, 1.54) is 11.1 Å². The molecule has 2 heterocycles. The SMILES string of the molecule is Cl.Cl.Cl.O=S(=O)(NCCN1CCN(Cc2ccccc2)CC1)c1ccc2c(c1)CCNCC2. The highest BCUT2D eigenvalue weighted by Crippen LogP contribution is 2.18. The third-order valence-corrected chi connectivity index (χ3v) is 7.52. The van der Waals surface area contributed by atoms with Crippen molar-refractivity contribution in [3.63, 3.8) is 0 Å². The summed E-state index contributed by atoms with van der Waals surface area (Å²) in [6.45, 7) is 8.00. The van der Waals surface area contributed by atoms with Crippen molar-refractivity contribution in [2.24, 2.45) is 0 Å². The second kappa shape index (κ2) is 14.5. The summed E-state index contributed by atoms with van der Waals surface area (Å²) in [6, 6.07) is 16.1. The number of nitrogens with zero attached hydrogens (tertiary/aromatic N) is 2. The normalized spacial score (nSPS) is 17.0. The van der Waals surface area contributed by atoms with Gasteiger partial charge in [0.05, 0.1) is 4.90 Å². The Hall–Kier alpha value is -0.900. The minimum Gasteiger partial charge on any atom is -0.316 e. The molecule has 0 atom stereocenters. The molecule has 0 amide bonds. The van der Waals surface area contributed by atoms with E-state index >= 15 is 0 Å². The van der Waals surface area contributed by atoms with Crippen LogP contribution in [-0.4, -0.2) is 70.6 Å². The number of hydrogen-bond donors (Lipinski definition) is 2. The number of hydrogen-bond acceptors (Lipinski definition) is 5. The van der Waals surface area contributed by atoms with Crippen molar-refractivity contribution in [1.82, 2.24) is 19.8 Å². The lowest BCUT2D eigenvalue weighted by Gasteiger charge is -2.34. The third kappa shape index (κ3) is 8.67. The van der Waals surface area contributed by atoms with E-state index in [1.54, 1.807) is 6.07 Å². The molecule has 0 saturated carbocycles. The molecule has 2 aromatic rings. The Morgan fingerprint density at radius 2 is 1.45 bits per heavy atom. The second-order valence-corrected chi connectivity index (χ2v) is 9.95. The van der Waals surface area contributed by atoms with E-state index in [1.807, 2.05) is 18.2 Å². The number of rotatable bonds is 7. The van der Waals surface area contributed by atoms with Crippen LogP contribution in [0, 0.1) is 0 Å². The summed E-state index contributed by atoms with van der Waals surface area (Å²) in [7, 11) is -3.47. The molecule has 2 N–H and O–H groups in total. The maximum absolute atomic E-state index is 12.7. The monoisotopic (exact) mass is 536 g/mol. The molecule has 2 aliphatic heterocycles. The van der Waals surface area contributed by atoms with Crippen LogP contribution < -0.4 is 10.0 Å². The van der Waals surface area contributed by atoms with Crippen LogP contribution in [0.2, 0.25) is 0 Å². The first kappa shape index (κ1) is 30.1. The van der Waals surface area contributed by atoms with Crippen LogP contribution in [-0.2, 0) is 29.4 Å². The zero-order valence-electron chi connectivity index (χ0n) is 18.7. The summed E-state index contributed by atoms with van der Waals surface area (Å²) in [5.74, 6) is 0. The van der Waals surface area contributed by atoms with E-state index in [2.05, 4.69) is 44.1 Å². The highest BCUT2D eigenvalue weighted by Gasteiger charge is 2.19. The highest BCUT2D eigenvalue weighted by atomic mass is 35.5. The Bertz CT molecular complexity index is 940. The molecule has 186 valence electrons. The van der Waals surface area contributed by atoms with Crippen LogP contribution in [0.15, 0.2) is 53.4 Å². The van der Waals surface area contributed by atoms with E-state index < -0.39 is 10.0 Å². The van der Waals surface area contributed by atoms with Crippen molar-refractivity contribution in [1.29, 1.82) is 0 Å². The number of piperazine rings is 1. The summed E-state index contributed by atoms with van der Waals surface area (Å²) in [4.78, 5) is 5.18. The molecule has 1 fully saturated rings. The first-order valence-corrected chi connectivity index (χ1v) is 12.4. The summed E-state index contributed by atoms with van der Waals surface area (Å²) in [5, 5.41) is 3.37. The number of fused-ring (bicyclic) bond motifs is 1. The minimum atomic E-state index is -3.47. The standard InChI is InChI=1S/C23H32N4O2S.3ClH/c28-30(29,23-7-6-21-8-10-24-11-9-22(21)18-23)25-12-13-26-14-16-27(17-15-26)19-20-4-2-1-3-5-20;;;/h1-7,18,24-25H,8-17,19H2;3*1H. The smallest absolute Gasteiger partial charge is 0.240 e. The summed E-state index contributed by atoms with van der Waals surface area (Å²) in [6.07, 6.45) is 1.84. The number of benzene rings is 2. The van der Waals surface area contributed by atoms with Crippen molar-refractivity contribution in [3.8, 4) is 0 Å². The Kier molecular flexibility index (Phi) is 13.2. The Labute approximate surface area is 216 Å². The Balaban J connectivity index is 0.00000181. The minimum absolute atomic E-state index is 0. The van der Waals surface area contributed by atoms with Gasteiger partial charge < -0.3 is 5.32 Å². The van der Waals surface area contributed by atoms with Crippen LogP contribution in [0.4, 0.5) is 0 Å². The predicted octanol–water partition coefficient (Wildman–Crippen LogP) is 2.74.